The molecule has 3 aliphatic rings. The van der Waals surface area contributed by atoms with E-state index < -0.39 is 0 Å². The molecule has 1 aliphatic carbocycles. The maximum absolute atomic E-state index is 4.36. The summed E-state index contributed by atoms with van der Waals surface area (Å²) >= 11 is 0. The Morgan fingerprint density at radius 3 is 2.39 bits per heavy atom. The van der Waals surface area contributed by atoms with E-state index in [2.05, 4.69) is 19.7 Å². The molecule has 1 saturated heterocycles. The molecule has 0 atom stereocenters. The molecule has 3 heterocycles. The van der Waals surface area contributed by atoms with E-state index in [-0.39, 0.29) is 0 Å². The fourth-order valence-electron chi connectivity index (χ4n) is 3.28. The molecule has 2 aliphatic heterocycles. The van der Waals surface area contributed by atoms with E-state index in [1.165, 1.54) is 56.8 Å². The van der Waals surface area contributed by atoms with Gasteiger partial charge in [0.15, 0.2) is 0 Å². The number of piperidine rings is 1. The minimum atomic E-state index is 0.996. The lowest BCUT2D eigenvalue weighted by Gasteiger charge is -2.27. The quantitative estimate of drug-likeness (QED) is 0.745. The Morgan fingerprint density at radius 2 is 1.61 bits per heavy atom. The zero-order valence-corrected chi connectivity index (χ0v) is 10.9. The van der Waals surface area contributed by atoms with Crippen molar-refractivity contribution in [2.75, 3.05) is 13.1 Å². The molecular formula is C14H20N4. The van der Waals surface area contributed by atoms with Crippen molar-refractivity contribution in [3.8, 4) is 0 Å². The number of rotatable bonds is 2. The van der Waals surface area contributed by atoms with Crippen molar-refractivity contribution < 1.29 is 0 Å². The van der Waals surface area contributed by atoms with E-state index in [1.807, 2.05) is 0 Å². The molecule has 4 rings (SSSR count). The van der Waals surface area contributed by atoms with Crippen LogP contribution >= 0.6 is 0 Å². The second kappa shape index (κ2) is 4.19. The minimum Gasteiger partial charge on any atom is -0.314 e. The smallest absolute Gasteiger partial charge is 0.147 e. The van der Waals surface area contributed by atoms with Crippen LogP contribution in [0.4, 0.5) is 0 Å². The molecule has 0 unspecified atom stereocenters. The highest BCUT2D eigenvalue weighted by Gasteiger charge is 2.24. The molecule has 96 valence electrons. The summed E-state index contributed by atoms with van der Waals surface area (Å²) in [6, 6.07) is 0. The van der Waals surface area contributed by atoms with Crippen LogP contribution in [0.2, 0.25) is 0 Å². The molecule has 18 heavy (non-hydrogen) atoms. The topological polar surface area (TPSA) is 34.0 Å². The molecule has 0 bridgehead atoms. The average molecular weight is 244 g/mol. The molecule has 1 aromatic heterocycles. The predicted molar refractivity (Wildman–Crippen MR) is 69.1 cm³/mol. The van der Waals surface area contributed by atoms with Gasteiger partial charge in [-0.2, -0.15) is 0 Å². The number of fused-ring (bicyclic) bond motifs is 1. The van der Waals surface area contributed by atoms with Crippen LogP contribution < -0.4 is 0 Å². The molecule has 0 spiro atoms. The molecule has 1 saturated carbocycles. The Labute approximate surface area is 108 Å². The number of hydrogen-bond donors (Lipinski definition) is 0. The third-order valence-electron chi connectivity index (χ3n) is 4.51. The highest BCUT2D eigenvalue weighted by molar-refractivity contribution is 5.26. The van der Waals surface area contributed by atoms with E-state index in [4.69, 9.17) is 0 Å². The second-order valence-corrected chi connectivity index (χ2v) is 5.77. The maximum Gasteiger partial charge on any atom is 0.147 e. The van der Waals surface area contributed by atoms with Crippen LogP contribution in [0, 0.1) is 0 Å². The summed E-state index contributed by atoms with van der Waals surface area (Å²) in [6.07, 6.45) is 7.70. The minimum absolute atomic E-state index is 0.996. The zero-order valence-electron chi connectivity index (χ0n) is 10.9. The van der Waals surface area contributed by atoms with Gasteiger partial charge in [0.05, 0.1) is 6.54 Å². The fourth-order valence-corrected chi connectivity index (χ4v) is 3.28. The lowest BCUT2D eigenvalue weighted by atomic mass is 10.0. The van der Waals surface area contributed by atoms with E-state index in [1.54, 1.807) is 11.1 Å². The monoisotopic (exact) mass is 244 g/mol. The third kappa shape index (κ3) is 1.88. The normalized spacial score (nSPS) is 23.6. The summed E-state index contributed by atoms with van der Waals surface area (Å²) in [5, 5.41) is 8.65. The van der Waals surface area contributed by atoms with Crippen molar-refractivity contribution in [1.82, 2.24) is 19.7 Å². The standard InChI is InChI=1S/C14H20N4/c1-2-13-15-16-14(18(13)7-1)10-17-8-5-12(6-9-17)11-3-4-11/h1-10H2. The molecule has 4 nitrogen and oxygen atoms in total. The summed E-state index contributed by atoms with van der Waals surface area (Å²) < 4.78 is 2.33. The molecule has 4 heteroatoms. The highest BCUT2D eigenvalue weighted by atomic mass is 15.3. The lowest BCUT2D eigenvalue weighted by molar-refractivity contribution is 0.238. The Morgan fingerprint density at radius 1 is 0.833 bits per heavy atom. The number of allylic oxidation sites excluding steroid dienone is 1. The molecule has 2 fully saturated rings. The first-order valence-electron chi connectivity index (χ1n) is 7.23. The van der Waals surface area contributed by atoms with Gasteiger partial charge in [0.1, 0.15) is 11.6 Å². The van der Waals surface area contributed by atoms with Gasteiger partial charge in [-0.25, -0.2) is 0 Å². The molecule has 1 aromatic rings. The average Bonchev–Trinajstić information content (AvgIpc) is 3.02. The Hall–Kier alpha value is -1.16. The van der Waals surface area contributed by atoms with Crippen LogP contribution in [0.25, 0.3) is 0 Å². The first-order chi connectivity index (χ1) is 8.90. The van der Waals surface area contributed by atoms with Gasteiger partial charge in [-0.15, -0.1) is 10.2 Å². The van der Waals surface area contributed by atoms with Gasteiger partial charge < -0.3 is 4.57 Å². The summed E-state index contributed by atoms with van der Waals surface area (Å²) in [5.74, 6) is 2.38. The number of aromatic nitrogens is 3. The second-order valence-electron chi connectivity index (χ2n) is 5.77. The molecule has 0 amide bonds. The van der Waals surface area contributed by atoms with Gasteiger partial charge in [0.2, 0.25) is 0 Å². The SMILES string of the molecule is C1Cc2nnc(CN3CCC(=C4CC4)CC3)n2C1. The van der Waals surface area contributed by atoms with Crippen LogP contribution in [0.5, 0.6) is 0 Å². The van der Waals surface area contributed by atoms with Gasteiger partial charge in [-0.3, -0.25) is 4.90 Å². The highest BCUT2D eigenvalue weighted by Crippen LogP contribution is 2.36. The van der Waals surface area contributed by atoms with Gasteiger partial charge >= 0.3 is 0 Å². The maximum atomic E-state index is 4.36. The summed E-state index contributed by atoms with van der Waals surface area (Å²) in [4.78, 5) is 2.54. The Bertz CT molecular complexity index is 484. The van der Waals surface area contributed by atoms with Gasteiger partial charge in [0, 0.05) is 26.1 Å². The van der Waals surface area contributed by atoms with Crippen LogP contribution in [-0.2, 0) is 19.5 Å². The van der Waals surface area contributed by atoms with Crippen molar-refractivity contribution in [1.29, 1.82) is 0 Å². The van der Waals surface area contributed by atoms with Crippen LogP contribution in [0.3, 0.4) is 0 Å². The zero-order chi connectivity index (χ0) is 11.9. The Kier molecular flexibility index (Phi) is 2.50. The molecular weight excluding hydrogens is 224 g/mol. The molecule has 0 aromatic carbocycles. The van der Waals surface area contributed by atoms with Crippen LogP contribution in [-0.4, -0.2) is 32.8 Å². The molecule has 0 radical (unpaired) electrons. The van der Waals surface area contributed by atoms with E-state index in [0.717, 1.165) is 19.5 Å². The third-order valence-corrected chi connectivity index (χ3v) is 4.51. The first-order valence-corrected chi connectivity index (χ1v) is 7.23. The van der Waals surface area contributed by atoms with E-state index in [9.17, 15) is 0 Å². The first kappa shape index (κ1) is 10.7. The van der Waals surface area contributed by atoms with E-state index in [0.29, 0.717) is 0 Å². The van der Waals surface area contributed by atoms with Crippen molar-refractivity contribution >= 4 is 0 Å². The summed E-state index contributed by atoms with van der Waals surface area (Å²) in [6.45, 7) is 4.54. The van der Waals surface area contributed by atoms with Crippen molar-refractivity contribution in [2.45, 2.75) is 51.6 Å². The van der Waals surface area contributed by atoms with Crippen molar-refractivity contribution in [3.63, 3.8) is 0 Å². The number of likely N-dealkylation sites (tertiary alicyclic amines) is 1. The molecule has 0 N–H and O–H groups in total. The lowest BCUT2D eigenvalue weighted by Crippen LogP contribution is -2.31. The van der Waals surface area contributed by atoms with E-state index >= 15 is 0 Å². The van der Waals surface area contributed by atoms with Gasteiger partial charge in [-0.1, -0.05) is 11.1 Å². The van der Waals surface area contributed by atoms with Crippen molar-refractivity contribution in [2.24, 2.45) is 0 Å². The summed E-state index contributed by atoms with van der Waals surface area (Å²) in [5.41, 5.74) is 3.52. The summed E-state index contributed by atoms with van der Waals surface area (Å²) in [7, 11) is 0. The van der Waals surface area contributed by atoms with Gasteiger partial charge in [-0.05, 0) is 32.1 Å². The van der Waals surface area contributed by atoms with Crippen LogP contribution in [0.1, 0.15) is 43.8 Å². The number of nitrogens with zero attached hydrogens (tertiary/aromatic N) is 4. The number of hydrogen-bond acceptors (Lipinski definition) is 3. The largest absolute Gasteiger partial charge is 0.314 e. The Balaban J connectivity index is 1.42. The van der Waals surface area contributed by atoms with Crippen LogP contribution in [0.15, 0.2) is 11.1 Å². The number of aryl methyl sites for hydroxylation is 1. The fraction of sp³-hybridized carbons (Fsp3) is 0.714. The predicted octanol–water partition coefficient (Wildman–Crippen LogP) is 1.91. The van der Waals surface area contributed by atoms with Crippen molar-refractivity contribution in [3.05, 3.63) is 22.8 Å². The van der Waals surface area contributed by atoms with Gasteiger partial charge in [0.25, 0.3) is 0 Å².